The summed E-state index contributed by atoms with van der Waals surface area (Å²) >= 11 is 2.80. The number of hydrogen-bond acceptors (Lipinski definition) is 7. The molecule has 0 saturated carbocycles. The minimum absolute atomic E-state index is 0.0864. The van der Waals surface area contributed by atoms with Crippen molar-refractivity contribution in [3.63, 3.8) is 0 Å². The normalized spacial score (nSPS) is 10.5. The predicted octanol–water partition coefficient (Wildman–Crippen LogP) is 5.00. The van der Waals surface area contributed by atoms with Crippen molar-refractivity contribution in [2.24, 2.45) is 0 Å². The molecule has 0 aliphatic heterocycles. The zero-order valence-electron chi connectivity index (χ0n) is 18.7. The first-order chi connectivity index (χ1) is 16.9. The van der Waals surface area contributed by atoms with Gasteiger partial charge in [0.15, 0.2) is 10.9 Å². The lowest BCUT2D eigenvalue weighted by Gasteiger charge is -2.07. The molecule has 1 heterocycles. The molecule has 4 aromatic rings. The van der Waals surface area contributed by atoms with Crippen LogP contribution in [-0.4, -0.2) is 35.1 Å². The van der Waals surface area contributed by atoms with Crippen molar-refractivity contribution in [3.8, 4) is 5.75 Å². The zero-order valence-corrected chi connectivity index (χ0v) is 20.4. The van der Waals surface area contributed by atoms with Crippen molar-refractivity contribution in [3.05, 3.63) is 72.8 Å². The van der Waals surface area contributed by atoms with Gasteiger partial charge in [0.25, 0.3) is 5.91 Å². The van der Waals surface area contributed by atoms with E-state index in [2.05, 4.69) is 20.9 Å². The zero-order chi connectivity index (χ0) is 24.6. The van der Waals surface area contributed by atoms with Crippen LogP contribution < -0.4 is 20.7 Å². The maximum Gasteiger partial charge on any atom is 0.262 e. The van der Waals surface area contributed by atoms with Crippen molar-refractivity contribution < 1.29 is 19.1 Å². The lowest BCUT2D eigenvalue weighted by Crippen LogP contribution is -2.20. The molecule has 0 atom stereocenters. The highest BCUT2D eigenvalue weighted by molar-refractivity contribution is 8.01. The van der Waals surface area contributed by atoms with E-state index in [0.717, 1.165) is 14.6 Å². The molecular formula is C25H22N4O4S2. The van der Waals surface area contributed by atoms with Crippen LogP contribution in [0.25, 0.3) is 10.2 Å². The minimum Gasteiger partial charge on any atom is -0.484 e. The Balaban J connectivity index is 1.28. The van der Waals surface area contributed by atoms with Gasteiger partial charge in [-0.05, 0) is 54.6 Å². The SMILES string of the molecule is CC(=O)Nc1ccc(NC(=O)CSc2nc3ccc(NC(=O)COc4ccccc4)cc3s2)cc1. The topological polar surface area (TPSA) is 109 Å². The number of ether oxygens (including phenoxy) is 1. The second-order valence-electron chi connectivity index (χ2n) is 7.41. The fourth-order valence-electron chi connectivity index (χ4n) is 3.07. The molecule has 1 aromatic heterocycles. The van der Waals surface area contributed by atoms with Gasteiger partial charge in [-0.3, -0.25) is 14.4 Å². The van der Waals surface area contributed by atoms with Crippen LogP contribution in [0.4, 0.5) is 17.1 Å². The van der Waals surface area contributed by atoms with E-state index in [9.17, 15) is 14.4 Å². The van der Waals surface area contributed by atoms with Crippen LogP contribution in [0.2, 0.25) is 0 Å². The molecule has 3 aromatic carbocycles. The number of thioether (sulfide) groups is 1. The van der Waals surface area contributed by atoms with Gasteiger partial charge in [-0.25, -0.2) is 4.98 Å². The summed E-state index contributed by atoms with van der Waals surface area (Å²) in [6.45, 7) is 1.35. The molecule has 0 saturated heterocycles. The molecule has 0 spiro atoms. The molecule has 0 radical (unpaired) electrons. The molecule has 4 rings (SSSR count). The van der Waals surface area contributed by atoms with Gasteiger partial charge in [-0.1, -0.05) is 30.0 Å². The maximum atomic E-state index is 12.3. The molecule has 0 aliphatic carbocycles. The molecule has 0 aliphatic rings. The highest BCUT2D eigenvalue weighted by atomic mass is 32.2. The Hall–Kier alpha value is -3.89. The highest BCUT2D eigenvalue weighted by Gasteiger charge is 2.10. The summed E-state index contributed by atoms with van der Waals surface area (Å²) in [6, 6.07) is 21.5. The first-order valence-electron chi connectivity index (χ1n) is 10.6. The van der Waals surface area contributed by atoms with E-state index in [1.807, 2.05) is 30.3 Å². The van der Waals surface area contributed by atoms with Gasteiger partial charge >= 0.3 is 0 Å². The third kappa shape index (κ3) is 7.29. The Morgan fingerprint density at radius 3 is 2.23 bits per heavy atom. The van der Waals surface area contributed by atoms with Crippen molar-refractivity contribution in [1.82, 2.24) is 4.98 Å². The Morgan fingerprint density at radius 1 is 0.857 bits per heavy atom. The second kappa shape index (κ2) is 11.5. The van der Waals surface area contributed by atoms with E-state index in [-0.39, 0.29) is 30.1 Å². The fourth-order valence-corrected chi connectivity index (χ4v) is 4.98. The summed E-state index contributed by atoms with van der Waals surface area (Å²) in [5.41, 5.74) is 2.76. The monoisotopic (exact) mass is 506 g/mol. The number of aromatic nitrogens is 1. The molecule has 3 N–H and O–H groups in total. The highest BCUT2D eigenvalue weighted by Crippen LogP contribution is 2.31. The first kappa shape index (κ1) is 24.2. The molecule has 0 unspecified atom stereocenters. The molecule has 35 heavy (non-hydrogen) atoms. The summed E-state index contributed by atoms with van der Waals surface area (Å²) in [5.74, 6) is 0.268. The van der Waals surface area contributed by atoms with Gasteiger partial charge in [0.05, 0.1) is 16.0 Å². The minimum atomic E-state index is -0.255. The van der Waals surface area contributed by atoms with Crippen molar-refractivity contribution in [2.75, 3.05) is 28.3 Å². The lowest BCUT2D eigenvalue weighted by molar-refractivity contribution is -0.118. The number of rotatable bonds is 9. The number of fused-ring (bicyclic) bond motifs is 1. The number of amides is 3. The fraction of sp³-hybridized carbons (Fsp3) is 0.120. The summed E-state index contributed by atoms with van der Waals surface area (Å²) in [5, 5.41) is 8.33. The van der Waals surface area contributed by atoms with E-state index in [1.54, 1.807) is 42.5 Å². The number of thiazole rings is 1. The average Bonchev–Trinajstić information content (AvgIpc) is 3.25. The average molecular weight is 507 g/mol. The number of para-hydroxylation sites is 1. The third-order valence-electron chi connectivity index (χ3n) is 4.58. The molecule has 178 valence electrons. The Bertz CT molecular complexity index is 1340. The van der Waals surface area contributed by atoms with Crippen LogP contribution in [0.5, 0.6) is 5.75 Å². The number of carbonyl (C=O) groups is 3. The second-order valence-corrected chi connectivity index (χ2v) is 9.66. The van der Waals surface area contributed by atoms with Crippen LogP contribution in [0.15, 0.2) is 77.1 Å². The first-order valence-corrected chi connectivity index (χ1v) is 12.4. The van der Waals surface area contributed by atoms with E-state index >= 15 is 0 Å². The number of carbonyl (C=O) groups excluding carboxylic acids is 3. The van der Waals surface area contributed by atoms with Gasteiger partial charge in [0.2, 0.25) is 11.8 Å². The summed E-state index contributed by atoms with van der Waals surface area (Å²) in [7, 11) is 0. The van der Waals surface area contributed by atoms with Gasteiger partial charge < -0.3 is 20.7 Å². The van der Waals surface area contributed by atoms with Crippen molar-refractivity contribution in [2.45, 2.75) is 11.3 Å². The lowest BCUT2D eigenvalue weighted by atomic mass is 10.3. The summed E-state index contributed by atoms with van der Waals surface area (Å²) < 4.78 is 7.13. The largest absolute Gasteiger partial charge is 0.484 e. The van der Waals surface area contributed by atoms with Crippen LogP contribution in [0, 0.1) is 0 Å². The van der Waals surface area contributed by atoms with E-state index in [0.29, 0.717) is 22.8 Å². The number of nitrogens with zero attached hydrogens (tertiary/aromatic N) is 1. The molecule has 0 fully saturated rings. The van der Waals surface area contributed by atoms with E-state index in [1.165, 1.54) is 30.0 Å². The van der Waals surface area contributed by atoms with Gasteiger partial charge in [0, 0.05) is 24.0 Å². The van der Waals surface area contributed by atoms with Gasteiger partial charge in [-0.2, -0.15) is 0 Å². The maximum absolute atomic E-state index is 12.3. The van der Waals surface area contributed by atoms with Crippen LogP contribution in [0.3, 0.4) is 0 Å². The number of benzene rings is 3. The number of hydrogen-bond donors (Lipinski definition) is 3. The third-order valence-corrected chi connectivity index (χ3v) is 6.74. The quantitative estimate of drug-likeness (QED) is 0.276. The van der Waals surface area contributed by atoms with Crippen LogP contribution in [-0.2, 0) is 14.4 Å². The molecule has 0 bridgehead atoms. The molecule has 3 amide bonds. The smallest absolute Gasteiger partial charge is 0.262 e. The standard InChI is InChI=1S/C25H22N4O4S2/c1-16(30)26-17-7-9-18(10-8-17)27-24(32)15-34-25-29-21-12-11-19(13-22(21)35-25)28-23(31)14-33-20-5-3-2-4-6-20/h2-13H,14-15H2,1H3,(H,26,30)(H,27,32)(H,28,31). The Kier molecular flexibility index (Phi) is 7.96. The Morgan fingerprint density at radius 2 is 1.51 bits per heavy atom. The number of anilines is 3. The van der Waals surface area contributed by atoms with E-state index in [4.69, 9.17) is 4.74 Å². The van der Waals surface area contributed by atoms with Gasteiger partial charge in [0.1, 0.15) is 5.75 Å². The predicted molar refractivity (Wildman–Crippen MR) is 140 cm³/mol. The summed E-state index contributed by atoms with van der Waals surface area (Å²) in [4.78, 5) is 40.2. The van der Waals surface area contributed by atoms with Crippen LogP contribution >= 0.6 is 23.1 Å². The van der Waals surface area contributed by atoms with Gasteiger partial charge in [-0.15, -0.1) is 11.3 Å². The molecule has 10 heteroatoms. The number of nitrogens with one attached hydrogen (secondary N) is 3. The van der Waals surface area contributed by atoms with Crippen molar-refractivity contribution in [1.29, 1.82) is 0 Å². The van der Waals surface area contributed by atoms with Crippen LogP contribution in [0.1, 0.15) is 6.92 Å². The van der Waals surface area contributed by atoms with E-state index < -0.39 is 0 Å². The molecular weight excluding hydrogens is 484 g/mol. The molecule has 8 nitrogen and oxygen atoms in total. The Labute approximate surface area is 210 Å². The summed E-state index contributed by atoms with van der Waals surface area (Å²) in [6.07, 6.45) is 0. The van der Waals surface area contributed by atoms with Crippen molar-refractivity contribution >= 4 is 68.1 Å².